The van der Waals surface area contributed by atoms with Crippen LogP contribution in [0.25, 0.3) is 0 Å². The minimum Gasteiger partial charge on any atom is -0.385 e. The summed E-state index contributed by atoms with van der Waals surface area (Å²) < 4.78 is 59.2. The normalized spacial score (nSPS) is 15.7. The van der Waals surface area contributed by atoms with Gasteiger partial charge in [-0.2, -0.15) is 0 Å². The Morgan fingerprint density at radius 3 is 2.26 bits per heavy atom. The van der Waals surface area contributed by atoms with Crippen LogP contribution in [0.3, 0.4) is 0 Å². The minimum atomic E-state index is -1.43. The minimum absolute atomic E-state index is 0. The zero-order valence-electron chi connectivity index (χ0n) is 15.5. The van der Waals surface area contributed by atoms with Crippen LogP contribution < -0.4 is 10.6 Å². The van der Waals surface area contributed by atoms with E-state index in [0.717, 1.165) is 25.7 Å². The summed E-state index contributed by atoms with van der Waals surface area (Å²) in [6, 6.07) is 0.192. The molecular formula is C18H26F4IN3O. The summed E-state index contributed by atoms with van der Waals surface area (Å²) >= 11 is 0. The number of nitrogens with one attached hydrogen (secondary N) is 2. The van der Waals surface area contributed by atoms with Crippen molar-refractivity contribution < 1.29 is 22.3 Å². The SMILES string of the molecule is CCNC(=NCc1c(F)c(F)cc(F)c1F)NCC1(CCOC)CCC1.I. The third kappa shape index (κ3) is 6.20. The molecule has 0 unspecified atom stereocenters. The zero-order chi connectivity index (χ0) is 19.2. The van der Waals surface area contributed by atoms with E-state index in [1.54, 1.807) is 7.11 Å². The summed E-state index contributed by atoms with van der Waals surface area (Å²) in [5.74, 6) is -5.35. The van der Waals surface area contributed by atoms with Gasteiger partial charge in [-0.15, -0.1) is 24.0 Å². The third-order valence-corrected chi connectivity index (χ3v) is 4.82. The fraction of sp³-hybridized carbons (Fsp3) is 0.611. The Hall–Kier alpha value is -1.10. The molecule has 4 nitrogen and oxygen atoms in total. The number of benzene rings is 1. The van der Waals surface area contributed by atoms with Gasteiger partial charge >= 0.3 is 0 Å². The summed E-state index contributed by atoms with van der Waals surface area (Å²) in [5.41, 5.74) is -0.606. The Labute approximate surface area is 174 Å². The maximum atomic E-state index is 13.8. The van der Waals surface area contributed by atoms with Crippen molar-refractivity contribution in [1.82, 2.24) is 10.6 Å². The summed E-state index contributed by atoms with van der Waals surface area (Å²) in [5, 5.41) is 6.13. The predicted octanol–water partition coefficient (Wildman–Crippen LogP) is 4.12. The molecule has 2 N–H and O–H groups in total. The first-order valence-corrected chi connectivity index (χ1v) is 8.75. The van der Waals surface area contributed by atoms with Gasteiger partial charge in [0.1, 0.15) is 0 Å². The number of aliphatic imine (C=N–C) groups is 1. The van der Waals surface area contributed by atoms with Crippen molar-refractivity contribution in [2.75, 3.05) is 26.8 Å². The van der Waals surface area contributed by atoms with E-state index in [0.29, 0.717) is 25.7 Å². The van der Waals surface area contributed by atoms with Gasteiger partial charge in [0.25, 0.3) is 0 Å². The highest BCUT2D eigenvalue weighted by Crippen LogP contribution is 2.43. The predicted molar refractivity (Wildman–Crippen MR) is 107 cm³/mol. The number of hydrogen-bond acceptors (Lipinski definition) is 2. The second kappa shape index (κ2) is 11.0. The molecule has 0 aromatic heterocycles. The molecule has 1 aromatic rings. The van der Waals surface area contributed by atoms with Crippen molar-refractivity contribution in [3.63, 3.8) is 0 Å². The highest BCUT2D eigenvalue weighted by molar-refractivity contribution is 14.0. The van der Waals surface area contributed by atoms with E-state index in [1.807, 2.05) is 6.92 Å². The Balaban J connectivity index is 0.00000364. The van der Waals surface area contributed by atoms with Crippen LogP contribution in [0.1, 0.15) is 38.2 Å². The van der Waals surface area contributed by atoms with Crippen LogP contribution in [-0.2, 0) is 11.3 Å². The molecule has 0 bridgehead atoms. The second-order valence-electron chi connectivity index (χ2n) is 6.59. The van der Waals surface area contributed by atoms with Gasteiger partial charge < -0.3 is 15.4 Å². The summed E-state index contributed by atoms with van der Waals surface area (Å²) in [4.78, 5) is 4.08. The molecule has 1 aliphatic carbocycles. The van der Waals surface area contributed by atoms with Crippen LogP contribution in [0, 0.1) is 28.7 Å². The first-order chi connectivity index (χ1) is 12.4. The van der Waals surface area contributed by atoms with Crippen LogP contribution in [0.15, 0.2) is 11.1 Å². The standard InChI is InChI=1S/C18H25F4N3O.HI/c1-3-23-17(25-11-18(5-4-6-18)7-8-26-2)24-10-12-15(21)13(19)9-14(20)16(12)22;/h9H,3-8,10-11H2,1-2H3,(H2,23,24,25);1H. The molecule has 1 aromatic carbocycles. The maximum absolute atomic E-state index is 13.8. The van der Waals surface area contributed by atoms with E-state index in [1.165, 1.54) is 0 Å². The fourth-order valence-corrected chi connectivity index (χ4v) is 3.04. The molecule has 1 saturated carbocycles. The van der Waals surface area contributed by atoms with Gasteiger partial charge in [0.15, 0.2) is 29.2 Å². The first-order valence-electron chi connectivity index (χ1n) is 8.75. The van der Waals surface area contributed by atoms with Crippen LogP contribution >= 0.6 is 24.0 Å². The van der Waals surface area contributed by atoms with E-state index in [9.17, 15) is 17.6 Å². The molecule has 9 heteroatoms. The number of hydrogen-bond donors (Lipinski definition) is 2. The summed E-state index contributed by atoms with van der Waals surface area (Å²) in [7, 11) is 1.66. The third-order valence-electron chi connectivity index (χ3n) is 4.82. The number of ether oxygens (including phenoxy) is 1. The topological polar surface area (TPSA) is 45.7 Å². The van der Waals surface area contributed by atoms with E-state index in [4.69, 9.17) is 4.74 Å². The smallest absolute Gasteiger partial charge is 0.191 e. The molecule has 0 radical (unpaired) electrons. The lowest BCUT2D eigenvalue weighted by atomic mass is 9.67. The fourth-order valence-electron chi connectivity index (χ4n) is 3.04. The average Bonchev–Trinajstić information content (AvgIpc) is 2.58. The van der Waals surface area contributed by atoms with Crippen LogP contribution in [-0.4, -0.2) is 32.8 Å². The molecule has 0 saturated heterocycles. The lowest BCUT2D eigenvalue weighted by molar-refractivity contribution is 0.0732. The molecule has 154 valence electrons. The Kier molecular flexibility index (Phi) is 9.78. The van der Waals surface area contributed by atoms with Gasteiger partial charge in [0.05, 0.1) is 12.1 Å². The van der Waals surface area contributed by atoms with Crippen molar-refractivity contribution in [3.05, 3.63) is 34.9 Å². The largest absolute Gasteiger partial charge is 0.385 e. The van der Waals surface area contributed by atoms with Crippen molar-refractivity contribution in [2.24, 2.45) is 10.4 Å². The number of guanidine groups is 1. The van der Waals surface area contributed by atoms with Crippen molar-refractivity contribution in [1.29, 1.82) is 0 Å². The molecule has 27 heavy (non-hydrogen) atoms. The van der Waals surface area contributed by atoms with Gasteiger partial charge in [-0.3, -0.25) is 0 Å². The number of rotatable bonds is 8. The molecular weight excluding hydrogens is 477 g/mol. The molecule has 0 aliphatic heterocycles. The quantitative estimate of drug-likeness (QED) is 0.185. The van der Waals surface area contributed by atoms with Gasteiger partial charge in [0.2, 0.25) is 0 Å². The molecule has 1 fully saturated rings. The van der Waals surface area contributed by atoms with Crippen molar-refractivity contribution >= 4 is 29.9 Å². The van der Waals surface area contributed by atoms with Gasteiger partial charge in [-0.05, 0) is 31.6 Å². The van der Waals surface area contributed by atoms with Crippen molar-refractivity contribution in [2.45, 2.75) is 39.2 Å². The average molecular weight is 503 g/mol. The monoisotopic (exact) mass is 503 g/mol. The summed E-state index contributed by atoms with van der Waals surface area (Å²) in [6.45, 7) is 3.19. The summed E-state index contributed by atoms with van der Waals surface area (Å²) in [6.07, 6.45) is 4.20. The molecule has 0 atom stereocenters. The molecule has 0 amide bonds. The lowest BCUT2D eigenvalue weighted by Gasteiger charge is -2.42. The zero-order valence-corrected chi connectivity index (χ0v) is 17.8. The van der Waals surface area contributed by atoms with Gasteiger partial charge in [-0.25, -0.2) is 22.6 Å². The maximum Gasteiger partial charge on any atom is 0.191 e. The van der Waals surface area contributed by atoms with Gasteiger partial charge in [-0.1, -0.05) is 6.42 Å². The molecule has 0 spiro atoms. The van der Waals surface area contributed by atoms with Crippen molar-refractivity contribution in [3.8, 4) is 0 Å². The lowest BCUT2D eigenvalue weighted by Crippen LogP contribution is -2.47. The number of nitrogens with zero attached hydrogens (tertiary/aromatic N) is 1. The Bertz CT molecular complexity index is 628. The van der Waals surface area contributed by atoms with Crippen LogP contribution in [0.5, 0.6) is 0 Å². The van der Waals surface area contributed by atoms with E-state index in [2.05, 4.69) is 15.6 Å². The molecule has 1 aliphatic rings. The highest BCUT2D eigenvalue weighted by Gasteiger charge is 2.36. The highest BCUT2D eigenvalue weighted by atomic mass is 127. The molecule has 2 rings (SSSR count). The number of halogens is 5. The number of methoxy groups -OCH3 is 1. The Morgan fingerprint density at radius 1 is 1.15 bits per heavy atom. The Morgan fingerprint density at radius 2 is 1.78 bits per heavy atom. The van der Waals surface area contributed by atoms with E-state index < -0.39 is 35.4 Å². The second-order valence-corrected chi connectivity index (χ2v) is 6.59. The van der Waals surface area contributed by atoms with Crippen LogP contribution in [0.4, 0.5) is 17.6 Å². The molecule has 0 heterocycles. The van der Waals surface area contributed by atoms with Crippen LogP contribution in [0.2, 0.25) is 0 Å². The first kappa shape index (κ1) is 23.9. The van der Waals surface area contributed by atoms with E-state index >= 15 is 0 Å². The van der Waals surface area contributed by atoms with E-state index in [-0.39, 0.29) is 35.5 Å². The van der Waals surface area contributed by atoms with Gasteiger partial charge in [0, 0.05) is 32.9 Å².